The highest BCUT2D eigenvalue weighted by Gasteiger charge is 2.57. The van der Waals surface area contributed by atoms with Crippen molar-refractivity contribution in [1.29, 1.82) is 0 Å². The Morgan fingerprint density at radius 1 is 1.50 bits per heavy atom. The van der Waals surface area contributed by atoms with Crippen molar-refractivity contribution in [2.24, 2.45) is 5.73 Å². The summed E-state index contributed by atoms with van der Waals surface area (Å²) in [7, 11) is -3.44. The molecule has 2 aliphatic carbocycles. The lowest BCUT2D eigenvalue weighted by atomic mass is 10.3. The van der Waals surface area contributed by atoms with Crippen molar-refractivity contribution in [1.82, 2.24) is 4.72 Å². The van der Waals surface area contributed by atoms with Gasteiger partial charge in [-0.15, -0.1) is 0 Å². The van der Waals surface area contributed by atoms with E-state index in [4.69, 9.17) is 5.73 Å². The molecule has 80 valence electrons. The Balaban J connectivity index is 2.01. The number of carbonyl (C=O) groups excluding carboxylic acids is 1. The van der Waals surface area contributed by atoms with Gasteiger partial charge in [-0.05, 0) is 19.3 Å². The quantitative estimate of drug-likeness (QED) is 0.539. The lowest BCUT2D eigenvalue weighted by Crippen LogP contribution is -2.47. The fraction of sp³-hybridized carbons (Fsp3) is 0.857. The second kappa shape index (κ2) is 3.05. The van der Waals surface area contributed by atoms with Gasteiger partial charge in [0.15, 0.2) is 0 Å². The van der Waals surface area contributed by atoms with Crippen LogP contribution in [0.4, 0.5) is 0 Å². The van der Waals surface area contributed by atoms with Crippen LogP contribution in [0.2, 0.25) is 0 Å². The van der Waals surface area contributed by atoms with Crippen LogP contribution in [-0.2, 0) is 14.8 Å². The molecule has 2 atom stereocenters. The molecule has 1 amide bonds. The molecule has 2 rings (SSSR count). The van der Waals surface area contributed by atoms with E-state index in [2.05, 4.69) is 27.3 Å². The summed E-state index contributed by atoms with van der Waals surface area (Å²) in [6.07, 6.45) is 1.85. The number of alkyl halides is 1. The Labute approximate surface area is 96.0 Å². The molecule has 0 radical (unpaired) electrons. The van der Waals surface area contributed by atoms with E-state index in [9.17, 15) is 13.2 Å². The second-order valence-electron chi connectivity index (χ2n) is 3.89. The molecule has 5 nitrogen and oxygen atoms in total. The molecule has 0 heterocycles. The molecule has 7 heteroatoms. The van der Waals surface area contributed by atoms with Crippen LogP contribution < -0.4 is 10.5 Å². The maximum Gasteiger partial charge on any atom is 0.254 e. The maximum atomic E-state index is 11.5. The van der Waals surface area contributed by atoms with Crippen LogP contribution >= 0.6 is 22.6 Å². The van der Waals surface area contributed by atoms with Gasteiger partial charge >= 0.3 is 0 Å². The Hall–Kier alpha value is 0.110. The molecule has 0 aromatic rings. The van der Waals surface area contributed by atoms with Crippen molar-refractivity contribution in [3.63, 3.8) is 0 Å². The van der Waals surface area contributed by atoms with Crippen molar-refractivity contribution < 1.29 is 13.2 Å². The van der Waals surface area contributed by atoms with Gasteiger partial charge in [0.1, 0.15) is 5.54 Å². The van der Waals surface area contributed by atoms with Crippen LogP contribution in [-0.4, -0.2) is 29.0 Å². The third kappa shape index (κ3) is 1.76. The van der Waals surface area contributed by atoms with Crippen LogP contribution in [0, 0.1) is 0 Å². The molecular weight excluding hydrogens is 319 g/mol. The third-order valence-electron chi connectivity index (χ3n) is 2.54. The van der Waals surface area contributed by atoms with Gasteiger partial charge in [-0.3, -0.25) is 9.52 Å². The lowest BCUT2D eigenvalue weighted by Gasteiger charge is -2.10. The summed E-state index contributed by atoms with van der Waals surface area (Å²) >= 11 is 2.05. The zero-order valence-electron chi connectivity index (χ0n) is 7.36. The summed E-state index contributed by atoms with van der Waals surface area (Å²) in [5.74, 6) is -0.552. The molecule has 0 aliphatic heterocycles. The van der Waals surface area contributed by atoms with E-state index in [-0.39, 0.29) is 9.17 Å². The molecule has 14 heavy (non-hydrogen) atoms. The smallest absolute Gasteiger partial charge is 0.254 e. The first-order chi connectivity index (χ1) is 6.36. The highest BCUT2D eigenvalue weighted by Crippen LogP contribution is 2.41. The molecule has 0 saturated heterocycles. The van der Waals surface area contributed by atoms with Gasteiger partial charge in [-0.2, -0.15) is 0 Å². The molecule has 2 saturated carbocycles. The van der Waals surface area contributed by atoms with Gasteiger partial charge in [0.2, 0.25) is 10.0 Å². The summed E-state index contributed by atoms with van der Waals surface area (Å²) in [4.78, 5) is 11.5. The first-order valence-electron chi connectivity index (χ1n) is 4.35. The number of hydrogen-bond donors (Lipinski definition) is 2. The average Bonchev–Trinajstić information content (AvgIpc) is 2.87. The number of rotatable bonds is 3. The van der Waals surface area contributed by atoms with Crippen LogP contribution in [0.3, 0.4) is 0 Å². The molecule has 0 aromatic carbocycles. The topological polar surface area (TPSA) is 89.3 Å². The minimum Gasteiger partial charge on any atom is -0.316 e. The predicted octanol–water partition coefficient (Wildman–Crippen LogP) is -0.500. The van der Waals surface area contributed by atoms with Crippen molar-refractivity contribution >= 4 is 38.5 Å². The number of nitrogens with one attached hydrogen (secondary N) is 1. The van der Waals surface area contributed by atoms with Crippen molar-refractivity contribution in [2.45, 2.75) is 34.0 Å². The third-order valence-corrected chi connectivity index (χ3v) is 5.91. The SMILES string of the molecule is N[C@]1(C(=O)NS(=O)(=O)C2CC2)C[C@H]1I. The summed E-state index contributed by atoms with van der Waals surface area (Å²) in [5, 5.41) is -0.374. The maximum absolute atomic E-state index is 11.5. The number of amides is 1. The van der Waals surface area contributed by atoms with Gasteiger partial charge < -0.3 is 5.73 Å². The highest BCUT2D eigenvalue weighted by molar-refractivity contribution is 14.1. The van der Waals surface area contributed by atoms with E-state index in [0.29, 0.717) is 19.3 Å². The summed E-state index contributed by atoms with van der Waals surface area (Å²) in [6.45, 7) is 0. The first-order valence-corrected chi connectivity index (χ1v) is 7.14. The molecule has 0 aromatic heterocycles. The van der Waals surface area contributed by atoms with Crippen molar-refractivity contribution in [2.75, 3.05) is 0 Å². The number of nitrogens with two attached hydrogens (primary N) is 1. The molecule has 0 spiro atoms. The predicted molar refractivity (Wildman–Crippen MR) is 59.4 cm³/mol. The zero-order valence-corrected chi connectivity index (χ0v) is 10.3. The van der Waals surface area contributed by atoms with Crippen molar-refractivity contribution in [3.05, 3.63) is 0 Å². The summed E-state index contributed by atoms with van der Waals surface area (Å²) < 4.78 is 24.9. The largest absolute Gasteiger partial charge is 0.316 e. The van der Waals surface area contributed by atoms with E-state index in [0.717, 1.165) is 0 Å². The average molecular weight is 330 g/mol. The Bertz CT molecular complexity index is 378. The number of halogens is 1. The number of sulfonamides is 1. The molecule has 0 unspecified atom stereocenters. The Kier molecular flexibility index (Phi) is 2.31. The zero-order chi connectivity index (χ0) is 10.6. The lowest BCUT2D eigenvalue weighted by molar-refractivity contribution is -0.121. The minimum absolute atomic E-state index is 0.0505. The minimum atomic E-state index is -3.44. The standard InChI is InChI=1S/C7H11IN2O3S/c8-5-3-7(5,9)6(11)10-14(12,13)4-1-2-4/h4-5H,1-3,9H2,(H,10,11)/t5-,7-/m1/s1. The molecular formula is C7H11IN2O3S. The number of carbonyl (C=O) groups is 1. The van der Waals surface area contributed by atoms with Gasteiger partial charge in [-0.1, -0.05) is 22.6 Å². The van der Waals surface area contributed by atoms with Crippen LogP contribution in [0.5, 0.6) is 0 Å². The van der Waals surface area contributed by atoms with E-state index in [1.165, 1.54) is 0 Å². The molecule has 0 bridgehead atoms. The Morgan fingerprint density at radius 3 is 2.36 bits per heavy atom. The van der Waals surface area contributed by atoms with Crippen LogP contribution in [0.25, 0.3) is 0 Å². The summed E-state index contributed by atoms with van der Waals surface area (Å²) in [6, 6.07) is 0. The fourth-order valence-electron chi connectivity index (χ4n) is 1.16. The monoisotopic (exact) mass is 330 g/mol. The van der Waals surface area contributed by atoms with Gasteiger partial charge in [0.25, 0.3) is 5.91 Å². The van der Waals surface area contributed by atoms with Crippen LogP contribution in [0.1, 0.15) is 19.3 Å². The fourth-order valence-corrected chi connectivity index (χ4v) is 3.54. The first kappa shape index (κ1) is 10.6. The second-order valence-corrected chi connectivity index (χ2v) is 7.35. The van der Waals surface area contributed by atoms with Gasteiger partial charge in [0, 0.05) is 3.92 Å². The van der Waals surface area contributed by atoms with Crippen molar-refractivity contribution in [3.8, 4) is 0 Å². The van der Waals surface area contributed by atoms with Gasteiger partial charge in [0.05, 0.1) is 5.25 Å². The van der Waals surface area contributed by atoms with Crippen LogP contribution in [0.15, 0.2) is 0 Å². The van der Waals surface area contributed by atoms with E-state index < -0.39 is 21.5 Å². The highest BCUT2D eigenvalue weighted by atomic mass is 127. The Morgan fingerprint density at radius 2 is 2.00 bits per heavy atom. The van der Waals surface area contributed by atoms with E-state index in [1.807, 2.05) is 0 Å². The molecule has 3 N–H and O–H groups in total. The molecule has 2 fully saturated rings. The van der Waals surface area contributed by atoms with E-state index >= 15 is 0 Å². The number of hydrogen-bond acceptors (Lipinski definition) is 4. The van der Waals surface area contributed by atoms with E-state index in [1.54, 1.807) is 0 Å². The normalized spacial score (nSPS) is 36.6. The molecule has 2 aliphatic rings. The van der Waals surface area contributed by atoms with Gasteiger partial charge in [-0.25, -0.2) is 8.42 Å². The summed E-state index contributed by atoms with van der Waals surface area (Å²) in [5.41, 5.74) is 4.72.